The quantitative estimate of drug-likeness (QED) is 0.461. The van der Waals surface area contributed by atoms with E-state index in [-0.39, 0.29) is 56.8 Å². The zero-order valence-electron chi connectivity index (χ0n) is 13.0. The normalized spacial score (nSPS) is 11.8. The van der Waals surface area contributed by atoms with Crippen molar-refractivity contribution in [1.82, 2.24) is 0 Å². The van der Waals surface area contributed by atoms with Crippen LogP contribution in [-0.2, 0) is 18.9 Å². The van der Waals surface area contributed by atoms with E-state index in [1.807, 2.05) is 6.92 Å². The Morgan fingerprint density at radius 1 is 0.880 bits per heavy atom. The van der Waals surface area contributed by atoms with Gasteiger partial charge in [-0.1, -0.05) is 51.5 Å². The molecule has 0 aliphatic rings. The van der Waals surface area contributed by atoms with Gasteiger partial charge in [-0.25, -0.2) is 0 Å². The van der Waals surface area contributed by atoms with E-state index in [2.05, 4.69) is 6.92 Å². The molecule has 5 nitrogen and oxygen atoms in total. The number of hydrogen-bond donors (Lipinski definition) is 1. The first-order valence-corrected chi connectivity index (χ1v) is 6.91. The van der Waals surface area contributed by atoms with Gasteiger partial charge in [0.25, 0.3) is 0 Å². The summed E-state index contributed by atoms with van der Waals surface area (Å²) in [4.78, 5) is 0. The highest BCUT2D eigenvalue weighted by Crippen LogP contribution is 2.03. The highest BCUT2D eigenvalue weighted by molar-refractivity contribution is 4.62. The largest absolute Gasteiger partial charge is 0.388 e. The van der Waals surface area contributed by atoms with Crippen molar-refractivity contribution in [3.8, 4) is 0 Å². The van der Waals surface area contributed by atoms with Crippen molar-refractivity contribution < 1.29 is 24.1 Å². The lowest BCUT2D eigenvalue weighted by Gasteiger charge is -2.20. The van der Waals surface area contributed by atoms with Crippen molar-refractivity contribution >= 4 is 0 Å². The summed E-state index contributed by atoms with van der Waals surface area (Å²) in [6, 6.07) is 0. The van der Waals surface area contributed by atoms with Gasteiger partial charge >= 0.3 is 0 Å². The van der Waals surface area contributed by atoms with Gasteiger partial charge in [0, 0.05) is 7.11 Å². The van der Waals surface area contributed by atoms with E-state index in [4.69, 9.17) is 18.9 Å². The SMILES string of the molecule is C.C.C.C.C.C.CCC(COC(C)COC)OCCOCC(C)(C)O. The first-order chi connectivity index (χ1) is 8.89. The van der Waals surface area contributed by atoms with E-state index >= 15 is 0 Å². The molecule has 5 heteroatoms. The van der Waals surface area contributed by atoms with Crippen molar-refractivity contribution in [3.05, 3.63) is 0 Å². The Balaban J connectivity index is -0.000000108. The Hall–Kier alpha value is -0.200. The zero-order chi connectivity index (χ0) is 14.7. The van der Waals surface area contributed by atoms with Gasteiger partial charge in [-0.3, -0.25) is 0 Å². The molecule has 0 aliphatic carbocycles. The lowest BCUT2D eigenvalue weighted by atomic mass is 10.2. The fraction of sp³-hybridized carbons (Fsp3) is 1.00. The predicted molar refractivity (Wildman–Crippen MR) is 115 cm³/mol. The van der Waals surface area contributed by atoms with Gasteiger partial charge in [0.2, 0.25) is 0 Å². The summed E-state index contributed by atoms with van der Waals surface area (Å²) < 4.78 is 21.6. The third-order valence-electron chi connectivity index (χ3n) is 2.46. The molecule has 0 aliphatic heterocycles. The summed E-state index contributed by atoms with van der Waals surface area (Å²) in [5, 5.41) is 9.47. The zero-order valence-corrected chi connectivity index (χ0v) is 13.0. The Labute approximate surface area is 161 Å². The highest BCUT2D eigenvalue weighted by atomic mass is 16.6. The molecule has 0 bridgehead atoms. The second-order valence-electron chi connectivity index (χ2n) is 5.37. The standard InChI is InChI=1S/C14H30O5.6CH4/c1-6-13(10-19-12(2)9-16-5)18-8-7-17-11-14(3,4)15;;;;;;/h12-13,15H,6-11H2,1-5H3;6*1H4. The predicted octanol–water partition coefficient (Wildman–Crippen LogP) is 5.44. The molecule has 0 aromatic carbocycles. The van der Waals surface area contributed by atoms with Crippen molar-refractivity contribution in [3.63, 3.8) is 0 Å². The highest BCUT2D eigenvalue weighted by Gasteiger charge is 2.13. The van der Waals surface area contributed by atoms with Crippen LogP contribution >= 0.6 is 0 Å². The second-order valence-corrected chi connectivity index (χ2v) is 5.37. The molecule has 0 fully saturated rings. The lowest BCUT2D eigenvalue weighted by molar-refractivity contribution is -0.0796. The number of methoxy groups -OCH3 is 1. The van der Waals surface area contributed by atoms with Crippen molar-refractivity contribution in [2.24, 2.45) is 0 Å². The topological polar surface area (TPSA) is 57.2 Å². The van der Waals surface area contributed by atoms with E-state index in [1.54, 1.807) is 21.0 Å². The monoisotopic (exact) mass is 374 g/mol. The van der Waals surface area contributed by atoms with Crippen LogP contribution in [0, 0.1) is 0 Å². The molecule has 0 aromatic heterocycles. The summed E-state index contributed by atoms with van der Waals surface area (Å²) >= 11 is 0. The van der Waals surface area contributed by atoms with Gasteiger partial charge in [-0.15, -0.1) is 0 Å². The Morgan fingerprint density at radius 3 is 1.80 bits per heavy atom. The molecule has 2 atom stereocenters. The molecule has 1 N–H and O–H groups in total. The molecule has 0 amide bonds. The number of aliphatic hydroxyl groups is 1. The van der Waals surface area contributed by atoms with Gasteiger partial charge in [0.15, 0.2) is 0 Å². The molecule has 2 unspecified atom stereocenters. The van der Waals surface area contributed by atoms with Crippen LogP contribution in [0.2, 0.25) is 0 Å². The molecule has 0 aromatic rings. The average Bonchev–Trinajstić information content (AvgIpc) is 2.31. The molecule has 0 spiro atoms. The lowest BCUT2D eigenvalue weighted by Crippen LogP contribution is -2.28. The smallest absolute Gasteiger partial charge is 0.0824 e. The van der Waals surface area contributed by atoms with Crippen LogP contribution in [0.5, 0.6) is 0 Å². The molecule has 25 heavy (non-hydrogen) atoms. The van der Waals surface area contributed by atoms with E-state index in [9.17, 15) is 5.11 Å². The van der Waals surface area contributed by atoms with Crippen LogP contribution in [0.25, 0.3) is 0 Å². The molecular weight excluding hydrogens is 320 g/mol. The Kier molecular flexibility index (Phi) is 46.2. The van der Waals surface area contributed by atoms with E-state index in [0.717, 1.165) is 6.42 Å². The van der Waals surface area contributed by atoms with Crippen LogP contribution in [0.15, 0.2) is 0 Å². The molecular formula is C20H54O5. The third-order valence-corrected chi connectivity index (χ3v) is 2.46. The maximum Gasteiger partial charge on any atom is 0.0824 e. The Morgan fingerprint density at radius 2 is 1.40 bits per heavy atom. The minimum Gasteiger partial charge on any atom is -0.388 e. The van der Waals surface area contributed by atoms with Crippen LogP contribution in [-0.4, -0.2) is 63.1 Å². The molecule has 0 saturated carbocycles. The first kappa shape index (κ1) is 44.3. The number of rotatable bonds is 12. The van der Waals surface area contributed by atoms with Gasteiger partial charge in [-0.05, 0) is 27.2 Å². The fourth-order valence-electron chi connectivity index (χ4n) is 1.43. The van der Waals surface area contributed by atoms with E-state index in [1.165, 1.54) is 0 Å². The van der Waals surface area contributed by atoms with Gasteiger partial charge in [-0.2, -0.15) is 0 Å². The minimum atomic E-state index is -0.789. The maximum atomic E-state index is 9.47. The van der Waals surface area contributed by atoms with E-state index in [0.29, 0.717) is 33.0 Å². The Bertz CT molecular complexity index is 205. The molecule has 0 saturated heterocycles. The third kappa shape index (κ3) is 32.0. The van der Waals surface area contributed by atoms with Gasteiger partial charge < -0.3 is 24.1 Å². The summed E-state index contributed by atoms with van der Waals surface area (Å²) in [6.07, 6.45) is 1.05. The van der Waals surface area contributed by atoms with E-state index < -0.39 is 5.60 Å². The maximum absolute atomic E-state index is 9.47. The average molecular weight is 375 g/mol. The van der Waals surface area contributed by atoms with Gasteiger partial charge in [0.1, 0.15) is 0 Å². The fourth-order valence-corrected chi connectivity index (χ4v) is 1.43. The molecule has 0 heterocycles. The summed E-state index contributed by atoms with van der Waals surface area (Å²) in [6.45, 7) is 9.92. The molecule has 0 rings (SSSR count). The first-order valence-electron chi connectivity index (χ1n) is 6.91. The van der Waals surface area contributed by atoms with Crippen molar-refractivity contribution in [2.45, 2.75) is 96.5 Å². The van der Waals surface area contributed by atoms with Crippen LogP contribution in [0.3, 0.4) is 0 Å². The number of hydrogen-bond acceptors (Lipinski definition) is 5. The second kappa shape index (κ2) is 26.0. The van der Waals surface area contributed by atoms with Crippen molar-refractivity contribution in [2.75, 3.05) is 40.1 Å². The van der Waals surface area contributed by atoms with Crippen LogP contribution < -0.4 is 0 Å². The number of ether oxygens (including phenoxy) is 4. The summed E-state index contributed by atoms with van der Waals surface area (Å²) in [5.74, 6) is 0. The molecule has 0 radical (unpaired) electrons. The van der Waals surface area contributed by atoms with Crippen LogP contribution in [0.4, 0.5) is 0 Å². The minimum absolute atomic E-state index is 0. The van der Waals surface area contributed by atoms with Crippen LogP contribution in [0.1, 0.15) is 78.7 Å². The summed E-state index contributed by atoms with van der Waals surface area (Å²) in [7, 11) is 1.66. The van der Waals surface area contributed by atoms with Crippen molar-refractivity contribution in [1.29, 1.82) is 0 Å². The molecule has 164 valence electrons. The summed E-state index contributed by atoms with van der Waals surface area (Å²) in [5.41, 5.74) is -0.789. The van der Waals surface area contributed by atoms with Gasteiger partial charge in [0.05, 0.1) is 50.8 Å².